The predicted octanol–water partition coefficient (Wildman–Crippen LogP) is 3.90. The number of rotatable bonds is 8. The molecule has 0 aromatic heterocycles. The van der Waals surface area contributed by atoms with Crippen LogP contribution >= 0.6 is 0 Å². The maximum atomic E-state index is 12.2. The zero-order valence-electron chi connectivity index (χ0n) is 13.7. The van der Waals surface area contributed by atoms with E-state index in [9.17, 15) is 8.42 Å². The van der Waals surface area contributed by atoms with Gasteiger partial charge in [-0.15, -0.1) is 0 Å². The Morgan fingerprint density at radius 1 is 0.958 bits per heavy atom. The van der Waals surface area contributed by atoms with E-state index in [0.29, 0.717) is 30.4 Å². The number of sulfonamides is 1. The van der Waals surface area contributed by atoms with Gasteiger partial charge in [0.05, 0.1) is 24.3 Å². The Hall–Kier alpha value is -2.47. The van der Waals surface area contributed by atoms with Crippen molar-refractivity contribution >= 4 is 21.8 Å². The molecule has 128 valence electrons. The molecule has 0 aliphatic rings. The fourth-order valence-corrected chi connectivity index (χ4v) is 2.91. The Kier molecular flexibility index (Phi) is 6.26. The molecule has 5 nitrogen and oxygen atoms in total. The second-order valence-electron chi connectivity index (χ2n) is 4.89. The minimum atomic E-state index is -3.62. The molecule has 0 saturated carbocycles. The van der Waals surface area contributed by atoms with E-state index in [2.05, 4.69) is 4.72 Å². The van der Waals surface area contributed by atoms with Crippen molar-refractivity contribution in [2.45, 2.75) is 13.8 Å². The molecular weight excluding hydrogens is 326 g/mol. The SMILES string of the molecule is CCOc1ccc(NS(=O)(=O)/C=C/c2ccccc2)cc1OCC. The molecular formula is C18H21NO4S. The second kappa shape index (κ2) is 8.40. The normalized spacial score (nSPS) is 11.4. The van der Waals surface area contributed by atoms with E-state index in [0.717, 1.165) is 11.0 Å². The Morgan fingerprint density at radius 2 is 1.62 bits per heavy atom. The van der Waals surface area contributed by atoms with E-state index in [-0.39, 0.29) is 0 Å². The molecule has 0 saturated heterocycles. The highest BCUT2D eigenvalue weighted by atomic mass is 32.2. The van der Waals surface area contributed by atoms with Crippen LogP contribution in [0.15, 0.2) is 53.9 Å². The molecule has 2 aromatic carbocycles. The topological polar surface area (TPSA) is 64.6 Å². The summed E-state index contributed by atoms with van der Waals surface area (Å²) in [5, 5.41) is 1.14. The van der Waals surface area contributed by atoms with E-state index in [4.69, 9.17) is 9.47 Å². The molecule has 0 aliphatic heterocycles. The monoisotopic (exact) mass is 347 g/mol. The van der Waals surface area contributed by atoms with Crippen LogP contribution in [0.5, 0.6) is 11.5 Å². The molecule has 0 heterocycles. The first-order valence-corrected chi connectivity index (χ1v) is 9.24. The van der Waals surface area contributed by atoms with Gasteiger partial charge in [-0.1, -0.05) is 30.3 Å². The summed E-state index contributed by atoms with van der Waals surface area (Å²) < 4.78 is 37.8. The minimum Gasteiger partial charge on any atom is -0.490 e. The number of benzene rings is 2. The third kappa shape index (κ3) is 5.31. The van der Waals surface area contributed by atoms with Crippen LogP contribution in [-0.2, 0) is 10.0 Å². The Bertz CT molecular complexity index is 786. The van der Waals surface area contributed by atoms with Crippen molar-refractivity contribution in [3.63, 3.8) is 0 Å². The van der Waals surface area contributed by atoms with Gasteiger partial charge in [0.1, 0.15) is 0 Å². The second-order valence-corrected chi connectivity index (χ2v) is 6.45. The first-order valence-electron chi connectivity index (χ1n) is 7.69. The Balaban J connectivity index is 2.16. The Morgan fingerprint density at radius 3 is 2.29 bits per heavy atom. The van der Waals surface area contributed by atoms with Crippen LogP contribution in [0.3, 0.4) is 0 Å². The van der Waals surface area contributed by atoms with E-state index in [1.165, 1.54) is 0 Å². The molecule has 0 atom stereocenters. The number of ether oxygens (including phenoxy) is 2. The van der Waals surface area contributed by atoms with E-state index < -0.39 is 10.0 Å². The number of hydrogen-bond acceptors (Lipinski definition) is 4. The molecule has 0 bridgehead atoms. The predicted molar refractivity (Wildman–Crippen MR) is 96.8 cm³/mol. The lowest BCUT2D eigenvalue weighted by atomic mass is 10.2. The first-order chi connectivity index (χ1) is 11.5. The molecule has 6 heteroatoms. The quantitative estimate of drug-likeness (QED) is 0.787. The highest BCUT2D eigenvalue weighted by molar-refractivity contribution is 7.95. The summed E-state index contributed by atoms with van der Waals surface area (Å²) in [5.74, 6) is 1.09. The van der Waals surface area contributed by atoms with Gasteiger partial charge in [-0.05, 0) is 37.6 Å². The zero-order chi connectivity index (χ0) is 17.4. The highest BCUT2D eigenvalue weighted by Crippen LogP contribution is 2.31. The fourth-order valence-electron chi connectivity index (χ4n) is 2.05. The summed E-state index contributed by atoms with van der Waals surface area (Å²) in [6, 6.07) is 14.2. The van der Waals surface area contributed by atoms with Crippen molar-refractivity contribution in [2.24, 2.45) is 0 Å². The summed E-state index contributed by atoms with van der Waals surface area (Å²) >= 11 is 0. The van der Waals surface area contributed by atoms with Crippen LogP contribution < -0.4 is 14.2 Å². The number of anilines is 1. The van der Waals surface area contributed by atoms with Crippen LogP contribution in [0.25, 0.3) is 6.08 Å². The molecule has 0 fully saturated rings. The van der Waals surface area contributed by atoms with Crippen LogP contribution in [0.1, 0.15) is 19.4 Å². The third-order valence-electron chi connectivity index (χ3n) is 3.04. The van der Waals surface area contributed by atoms with Crippen molar-refractivity contribution < 1.29 is 17.9 Å². The summed E-state index contributed by atoms with van der Waals surface area (Å²) in [5.41, 5.74) is 1.23. The van der Waals surface area contributed by atoms with Gasteiger partial charge < -0.3 is 9.47 Å². The van der Waals surface area contributed by atoms with Gasteiger partial charge in [0, 0.05) is 6.07 Å². The molecule has 1 N–H and O–H groups in total. The molecule has 0 aliphatic carbocycles. The smallest absolute Gasteiger partial charge is 0.255 e. The number of hydrogen-bond donors (Lipinski definition) is 1. The summed E-state index contributed by atoms with van der Waals surface area (Å²) in [6.45, 7) is 4.70. The average molecular weight is 347 g/mol. The molecule has 24 heavy (non-hydrogen) atoms. The van der Waals surface area contributed by atoms with Gasteiger partial charge in [-0.2, -0.15) is 0 Å². The lowest BCUT2D eigenvalue weighted by Crippen LogP contribution is -2.09. The standard InChI is InChI=1S/C18H21NO4S/c1-3-22-17-11-10-16(14-18(17)23-4-2)19-24(20,21)13-12-15-8-6-5-7-9-15/h5-14,19H,3-4H2,1-2H3/b13-12+. The summed E-state index contributed by atoms with van der Waals surface area (Å²) in [7, 11) is -3.62. The largest absolute Gasteiger partial charge is 0.490 e. The third-order valence-corrected chi connectivity index (χ3v) is 4.06. The maximum absolute atomic E-state index is 12.2. The lowest BCUT2D eigenvalue weighted by molar-refractivity contribution is 0.288. The average Bonchev–Trinajstić information content (AvgIpc) is 2.57. The summed E-state index contributed by atoms with van der Waals surface area (Å²) in [4.78, 5) is 0. The molecule has 0 amide bonds. The van der Waals surface area contributed by atoms with Crippen molar-refractivity contribution in [1.29, 1.82) is 0 Å². The van der Waals surface area contributed by atoms with Gasteiger partial charge in [0.15, 0.2) is 11.5 Å². The van der Waals surface area contributed by atoms with Crippen LogP contribution in [-0.4, -0.2) is 21.6 Å². The lowest BCUT2D eigenvalue weighted by Gasteiger charge is -2.12. The molecule has 2 aromatic rings. The summed E-state index contributed by atoms with van der Waals surface area (Å²) in [6.07, 6.45) is 1.54. The molecule has 0 spiro atoms. The van der Waals surface area contributed by atoms with Crippen molar-refractivity contribution in [3.8, 4) is 11.5 Å². The van der Waals surface area contributed by atoms with Gasteiger partial charge in [0.25, 0.3) is 10.0 Å². The fraction of sp³-hybridized carbons (Fsp3) is 0.222. The first kappa shape index (κ1) is 17.9. The number of nitrogens with one attached hydrogen (secondary N) is 1. The molecule has 0 radical (unpaired) electrons. The van der Waals surface area contributed by atoms with Gasteiger partial charge in [-0.3, -0.25) is 4.72 Å². The van der Waals surface area contributed by atoms with Gasteiger partial charge in [0.2, 0.25) is 0 Å². The zero-order valence-corrected chi connectivity index (χ0v) is 14.5. The van der Waals surface area contributed by atoms with E-state index in [1.807, 2.05) is 44.2 Å². The van der Waals surface area contributed by atoms with E-state index in [1.54, 1.807) is 24.3 Å². The maximum Gasteiger partial charge on any atom is 0.255 e. The van der Waals surface area contributed by atoms with Crippen molar-refractivity contribution in [3.05, 3.63) is 59.5 Å². The van der Waals surface area contributed by atoms with E-state index >= 15 is 0 Å². The molecule has 0 unspecified atom stereocenters. The van der Waals surface area contributed by atoms with Crippen molar-refractivity contribution in [2.75, 3.05) is 17.9 Å². The molecule has 2 rings (SSSR count). The minimum absolute atomic E-state index is 0.416. The van der Waals surface area contributed by atoms with Crippen LogP contribution in [0.2, 0.25) is 0 Å². The van der Waals surface area contributed by atoms with Crippen molar-refractivity contribution in [1.82, 2.24) is 0 Å². The van der Waals surface area contributed by atoms with Gasteiger partial charge >= 0.3 is 0 Å². The van der Waals surface area contributed by atoms with Gasteiger partial charge in [-0.25, -0.2) is 8.42 Å². The highest BCUT2D eigenvalue weighted by Gasteiger charge is 2.10. The Labute approximate surface area is 143 Å². The van der Waals surface area contributed by atoms with Crippen LogP contribution in [0, 0.1) is 0 Å². The van der Waals surface area contributed by atoms with Crippen LogP contribution in [0.4, 0.5) is 5.69 Å².